The smallest absolute Gasteiger partial charge is 0.259 e. The third kappa shape index (κ3) is 5.11. The Bertz CT molecular complexity index is 1480. The molecule has 0 bridgehead atoms. The van der Waals surface area contributed by atoms with Gasteiger partial charge in [-0.3, -0.25) is 14.5 Å². The average Bonchev–Trinajstić information content (AvgIpc) is 2.98. The number of piperidine rings is 1. The molecule has 8 heteroatoms. The van der Waals surface area contributed by atoms with E-state index in [1.165, 1.54) is 48.4 Å². The number of rotatable bonds is 6. The molecule has 7 nitrogen and oxygen atoms in total. The molecule has 2 amide bonds. The molecule has 0 aromatic heterocycles. The van der Waals surface area contributed by atoms with E-state index in [4.69, 9.17) is 0 Å². The predicted molar refractivity (Wildman–Crippen MR) is 147 cm³/mol. The molecule has 0 saturated carbocycles. The number of amides is 2. The summed E-state index contributed by atoms with van der Waals surface area (Å²) < 4.78 is 27.4. The lowest BCUT2D eigenvalue weighted by Crippen LogP contribution is -2.42. The molecular weight excluding hydrogens is 498 g/mol. The van der Waals surface area contributed by atoms with Crippen molar-refractivity contribution in [2.45, 2.75) is 55.5 Å². The summed E-state index contributed by atoms with van der Waals surface area (Å²) in [6, 6.07) is 19.0. The first-order valence-corrected chi connectivity index (χ1v) is 14.6. The van der Waals surface area contributed by atoms with Crippen molar-refractivity contribution >= 4 is 27.3 Å². The van der Waals surface area contributed by atoms with Crippen LogP contribution >= 0.6 is 0 Å². The standard InChI is InChI=1S/C30H33N3O4S/c1-21-8-7-10-23(18-21)20-33-26-19-24(29(34)31-15-17-32-16-6-5-9-22(32)2)13-14-28(26)38(36,37)27-12-4-3-11-25(27)30(33)35/h3-4,7-8,10-14,18-19,22H,5-6,9,15-17,20H2,1-2H3,(H,31,34)/t22-/m1/s1. The molecule has 0 aliphatic carbocycles. The van der Waals surface area contributed by atoms with E-state index in [1.54, 1.807) is 18.2 Å². The van der Waals surface area contributed by atoms with Gasteiger partial charge in [-0.15, -0.1) is 0 Å². The molecule has 0 unspecified atom stereocenters. The Morgan fingerprint density at radius 3 is 2.61 bits per heavy atom. The van der Waals surface area contributed by atoms with Crippen molar-refractivity contribution < 1.29 is 18.0 Å². The molecule has 0 spiro atoms. The highest BCUT2D eigenvalue weighted by molar-refractivity contribution is 7.91. The number of carbonyl (C=O) groups is 2. The normalized spacial score (nSPS) is 18.8. The van der Waals surface area contributed by atoms with Crippen LogP contribution in [0.15, 0.2) is 76.5 Å². The zero-order chi connectivity index (χ0) is 26.9. The number of benzene rings is 3. The zero-order valence-corrected chi connectivity index (χ0v) is 22.6. The van der Waals surface area contributed by atoms with Crippen molar-refractivity contribution in [1.82, 2.24) is 10.2 Å². The Labute approximate surface area is 224 Å². The molecule has 2 aliphatic heterocycles. The maximum Gasteiger partial charge on any atom is 0.259 e. The number of aryl methyl sites for hydroxylation is 1. The van der Waals surface area contributed by atoms with Crippen molar-refractivity contribution in [3.05, 3.63) is 89.0 Å². The minimum atomic E-state index is -3.99. The van der Waals surface area contributed by atoms with Crippen LogP contribution in [0.2, 0.25) is 0 Å². The number of likely N-dealkylation sites (tertiary alicyclic amines) is 1. The van der Waals surface area contributed by atoms with Gasteiger partial charge in [0.1, 0.15) is 0 Å². The first kappa shape index (κ1) is 26.1. The predicted octanol–water partition coefficient (Wildman–Crippen LogP) is 4.59. The minimum Gasteiger partial charge on any atom is -0.351 e. The Balaban J connectivity index is 1.49. The van der Waals surface area contributed by atoms with Crippen LogP contribution in [0.4, 0.5) is 5.69 Å². The summed E-state index contributed by atoms with van der Waals surface area (Å²) in [6.07, 6.45) is 3.58. The first-order valence-electron chi connectivity index (χ1n) is 13.1. The highest BCUT2D eigenvalue weighted by Gasteiger charge is 2.36. The Morgan fingerprint density at radius 1 is 1.00 bits per heavy atom. The van der Waals surface area contributed by atoms with Crippen LogP contribution in [-0.4, -0.2) is 50.8 Å². The van der Waals surface area contributed by atoms with Crippen LogP contribution in [0.1, 0.15) is 58.0 Å². The van der Waals surface area contributed by atoms with E-state index >= 15 is 0 Å². The first-order chi connectivity index (χ1) is 18.3. The molecular formula is C30H33N3O4S. The molecule has 1 fully saturated rings. The molecule has 3 aromatic carbocycles. The van der Waals surface area contributed by atoms with Gasteiger partial charge in [0, 0.05) is 24.7 Å². The number of sulfone groups is 1. The third-order valence-corrected chi connectivity index (χ3v) is 9.36. The number of nitrogens with one attached hydrogen (secondary N) is 1. The molecule has 2 aliphatic rings. The van der Waals surface area contributed by atoms with Crippen molar-refractivity contribution in [3.63, 3.8) is 0 Å². The topological polar surface area (TPSA) is 86.8 Å². The van der Waals surface area contributed by atoms with Gasteiger partial charge in [0.05, 0.1) is 27.6 Å². The number of anilines is 1. The Kier molecular flexibility index (Phi) is 7.36. The largest absolute Gasteiger partial charge is 0.351 e. The maximum absolute atomic E-state index is 13.8. The molecule has 198 valence electrons. The molecule has 1 atom stereocenters. The lowest BCUT2D eigenvalue weighted by atomic mass is 10.0. The number of nitrogens with zero attached hydrogens (tertiary/aromatic N) is 2. The SMILES string of the molecule is Cc1cccc(CN2C(=O)c3ccccc3S(=O)(=O)c3ccc(C(=O)NCCN4CCCC[C@H]4C)cc32)c1. The Hall–Kier alpha value is -3.49. The lowest BCUT2D eigenvalue weighted by Gasteiger charge is -2.33. The monoisotopic (exact) mass is 531 g/mol. The van der Waals surface area contributed by atoms with Crippen LogP contribution in [0.3, 0.4) is 0 Å². The maximum atomic E-state index is 13.8. The average molecular weight is 532 g/mol. The number of hydrogen-bond acceptors (Lipinski definition) is 5. The van der Waals surface area contributed by atoms with Crippen LogP contribution in [0, 0.1) is 6.92 Å². The van der Waals surface area contributed by atoms with Gasteiger partial charge in [0.15, 0.2) is 0 Å². The number of hydrogen-bond donors (Lipinski definition) is 1. The fourth-order valence-electron chi connectivity index (χ4n) is 5.40. The summed E-state index contributed by atoms with van der Waals surface area (Å²) in [4.78, 5) is 30.8. The summed E-state index contributed by atoms with van der Waals surface area (Å²) in [5.41, 5.74) is 2.56. The van der Waals surface area contributed by atoms with Crippen LogP contribution in [0.25, 0.3) is 0 Å². The van der Waals surface area contributed by atoms with E-state index in [0.29, 0.717) is 18.2 Å². The second-order valence-electron chi connectivity index (χ2n) is 10.2. The van der Waals surface area contributed by atoms with Gasteiger partial charge in [0.25, 0.3) is 11.8 Å². The van der Waals surface area contributed by atoms with E-state index in [2.05, 4.69) is 17.1 Å². The minimum absolute atomic E-state index is 0.0159. The second-order valence-corrected chi connectivity index (χ2v) is 12.1. The van der Waals surface area contributed by atoms with Gasteiger partial charge in [-0.05, 0) is 69.1 Å². The van der Waals surface area contributed by atoms with Crippen molar-refractivity contribution in [3.8, 4) is 0 Å². The fourth-order valence-corrected chi connectivity index (χ4v) is 7.03. The van der Waals surface area contributed by atoms with E-state index in [1.807, 2.05) is 31.2 Å². The number of carbonyl (C=O) groups excluding carboxylic acids is 2. The lowest BCUT2D eigenvalue weighted by molar-refractivity contribution is 0.0936. The number of fused-ring (bicyclic) bond motifs is 2. The highest BCUT2D eigenvalue weighted by Crippen LogP contribution is 2.38. The summed E-state index contributed by atoms with van der Waals surface area (Å²) in [5, 5.41) is 2.98. The van der Waals surface area contributed by atoms with Gasteiger partial charge >= 0.3 is 0 Å². The van der Waals surface area contributed by atoms with Crippen molar-refractivity contribution in [2.75, 3.05) is 24.5 Å². The van der Waals surface area contributed by atoms with Gasteiger partial charge < -0.3 is 10.2 Å². The van der Waals surface area contributed by atoms with Crippen LogP contribution < -0.4 is 10.2 Å². The Morgan fingerprint density at radius 2 is 1.82 bits per heavy atom. The van der Waals surface area contributed by atoms with Crippen LogP contribution in [-0.2, 0) is 16.4 Å². The molecule has 1 saturated heterocycles. The second kappa shape index (κ2) is 10.7. The molecule has 5 rings (SSSR count). The molecule has 0 radical (unpaired) electrons. The van der Waals surface area contributed by atoms with Gasteiger partial charge in [0.2, 0.25) is 9.84 Å². The molecule has 3 aromatic rings. The third-order valence-electron chi connectivity index (χ3n) is 7.50. The van der Waals surface area contributed by atoms with E-state index in [9.17, 15) is 18.0 Å². The van der Waals surface area contributed by atoms with Gasteiger partial charge in [-0.25, -0.2) is 8.42 Å². The summed E-state index contributed by atoms with van der Waals surface area (Å²) >= 11 is 0. The van der Waals surface area contributed by atoms with Crippen LogP contribution in [0.5, 0.6) is 0 Å². The van der Waals surface area contributed by atoms with E-state index in [-0.39, 0.29) is 33.5 Å². The zero-order valence-electron chi connectivity index (χ0n) is 21.8. The summed E-state index contributed by atoms with van der Waals surface area (Å²) in [6.45, 7) is 6.65. The van der Waals surface area contributed by atoms with Crippen molar-refractivity contribution in [1.29, 1.82) is 0 Å². The quantitative estimate of drug-likeness (QED) is 0.503. The fraction of sp³-hybridized carbons (Fsp3) is 0.333. The molecule has 2 heterocycles. The highest BCUT2D eigenvalue weighted by atomic mass is 32.2. The van der Waals surface area contributed by atoms with Crippen molar-refractivity contribution in [2.24, 2.45) is 0 Å². The van der Waals surface area contributed by atoms with Gasteiger partial charge in [-0.2, -0.15) is 0 Å². The molecule has 38 heavy (non-hydrogen) atoms. The van der Waals surface area contributed by atoms with Gasteiger partial charge in [-0.1, -0.05) is 48.4 Å². The summed E-state index contributed by atoms with van der Waals surface area (Å²) in [5.74, 6) is -0.708. The van der Waals surface area contributed by atoms with E-state index in [0.717, 1.165) is 24.2 Å². The summed E-state index contributed by atoms with van der Waals surface area (Å²) in [7, 11) is -3.99. The molecule has 1 N–H and O–H groups in total. The van der Waals surface area contributed by atoms with E-state index < -0.39 is 15.7 Å².